The molecule has 1 aromatic rings. The summed E-state index contributed by atoms with van der Waals surface area (Å²) in [7, 11) is 0. The molecule has 7 heteroatoms. The molecule has 1 unspecified atom stereocenters. The zero-order valence-electron chi connectivity index (χ0n) is 24.3. The number of carbonyl (C=O) groups is 2. The van der Waals surface area contributed by atoms with E-state index in [1.54, 1.807) is 0 Å². The first-order valence-corrected chi connectivity index (χ1v) is 15.0. The molecule has 212 valence electrons. The number of aliphatic imine (C=N–C) groups is 1. The summed E-state index contributed by atoms with van der Waals surface area (Å²) in [6.07, 6.45) is 9.26. The molecule has 2 aliphatic rings. The van der Waals surface area contributed by atoms with Crippen molar-refractivity contribution in [3.63, 3.8) is 0 Å². The molecule has 2 amide bonds. The van der Waals surface area contributed by atoms with Crippen LogP contribution in [0.25, 0.3) is 0 Å². The average molecular weight is 526 g/mol. The molecule has 1 saturated heterocycles. The lowest BCUT2D eigenvalue weighted by atomic mass is 9.88. The molecule has 1 aromatic carbocycles. The molecule has 0 saturated carbocycles. The van der Waals surface area contributed by atoms with Gasteiger partial charge in [-0.15, -0.1) is 0 Å². The quantitative estimate of drug-likeness (QED) is 0.343. The van der Waals surface area contributed by atoms with Gasteiger partial charge in [-0.05, 0) is 100 Å². The van der Waals surface area contributed by atoms with E-state index in [-0.39, 0.29) is 24.2 Å². The number of anilines is 1. The predicted octanol–water partition coefficient (Wildman–Crippen LogP) is 5.35. The van der Waals surface area contributed by atoms with Crippen LogP contribution in [0.5, 0.6) is 0 Å². The van der Waals surface area contributed by atoms with Gasteiger partial charge in [0.15, 0.2) is 0 Å². The van der Waals surface area contributed by atoms with Crippen molar-refractivity contribution in [3.05, 3.63) is 29.3 Å². The van der Waals surface area contributed by atoms with E-state index in [0.29, 0.717) is 18.4 Å². The summed E-state index contributed by atoms with van der Waals surface area (Å²) in [6.45, 7) is 14.4. The summed E-state index contributed by atoms with van der Waals surface area (Å²) in [5.41, 5.74) is 8.33. The maximum atomic E-state index is 13.6. The number of hydrogen-bond acceptors (Lipinski definition) is 4. The van der Waals surface area contributed by atoms with E-state index < -0.39 is 0 Å². The highest BCUT2D eigenvalue weighted by atomic mass is 16.2. The smallest absolute Gasteiger partial charge is 0.253 e. The van der Waals surface area contributed by atoms with Gasteiger partial charge < -0.3 is 20.9 Å². The fraction of sp³-hybridized carbons (Fsp3) is 0.710. The van der Waals surface area contributed by atoms with Crippen LogP contribution in [0.1, 0.15) is 95.0 Å². The van der Waals surface area contributed by atoms with Gasteiger partial charge in [0, 0.05) is 43.2 Å². The molecule has 3 N–H and O–H groups in total. The highest BCUT2D eigenvalue weighted by Gasteiger charge is 2.26. The molecule has 0 aliphatic carbocycles. The number of nitrogens with one attached hydrogen (secondary N) is 1. The molecule has 7 nitrogen and oxygen atoms in total. The molecule has 0 radical (unpaired) electrons. The Bertz CT molecular complexity index is 924. The number of fused-ring (bicyclic) bond motifs is 1. The maximum Gasteiger partial charge on any atom is 0.253 e. The van der Waals surface area contributed by atoms with E-state index in [9.17, 15) is 9.59 Å². The van der Waals surface area contributed by atoms with E-state index in [4.69, 9.17) is 10.7 Å². The number of likely N-dealkylation sites (tertiary alicyclic amines) is 1. The van der Waals surface area contributed by atoms with E-state index >= 15 is 0 Å². The van der Waals surface area contributed by atoms with Crippen molar-refractivity contribution in [1.29, 1.82) is 0 Å². The summed E-state index contributed by atoms with van der Waals surface area (Å²) in [4.78, 5) is 34.2. The third-order valence-electron chi connectivity index (χ3n) is 7.82. The Morgan fingerprint density at radius 3 is 2.39 bits per heavy atom. The Labute approximate surface area is 230 Å². The van der Waals surface area contributed by atoms with E-state index in [1.165, 1.54) is 37.9 Å². The summed E-state index contributed by atoms with van der Waals surface area (Å²) in [6, 6.07) is 6.07. The third kappa shape index (κ3) is 9.72. The standard InChI is InChI=1S/C31H51N5O2/c1-23(2)13-19-36(20-14-24(3)4)31(38)26-10-11-28-27(22-26)21-25(30(34-28)33-15-12-29(32)37)9-8-18-35-16-6-5-7-17-35/h10-11,22-25H,5-9,12-21H2,1-4H3,(H2,32,37)(H,33,34). The highest BCUT2D eigenvalue weighted by molar-refractivity contribution is 6.01. The lowest BCUT2D eigenvalue weighted by Crippen LogP contribution is -2.35. The van der Waals surface area contributed by atoms with Gasteiger partial charge in [-0.3, -0.25) is 14.6 Å². The molecule has 3 rings (SSSR count). The van der Waals surface area contributed by atoms with Crippen LogP contribution in [-0.4, -0.2) is 66.7 Å². The van der Waals surface area contributed by atoms with Crippen LogP contribution in [0.2, 0.25) is 0 Å². The molecule has 1 fully saturated rings. The minimum absolute atomic E-state index is 0.136. The zero-order valence-corrected chi connectivity index (χ0v) is 24.3. The number of nitrogens with two attached hydrogens (primary N) is 1. The SMILES string of the molecule is CC(C)CCN(CCC(C)C)C(=O)c1ccc2c(c1)CC(CCCN1CCCCC1)C(=NCCC(N)=O)N2. The van der Waals surface area contributed by atoms with Crippen molar-refractivity contribution in [3.8, 4) is 0 Å². The molecule has 0 aromatic heterocycles. The highest BCUT2D eigenvalue weighted by Crippen LogP contribution is 2.30. The molecular weight excluding hydrogens is 474 g/mol. The Morgan fingerprint density at radius 1 is 1.08 bits per heavy atom. The molecule has 2 aliphatic heterocycles. The predicted molar refractivity (Wildman–Crippen MR) is 158 cm³/mol. The summed E-state index contributed by atoms with van der Waals surface area (Å²) in [5, 5.41) is 3.54. The molecule has 1 atom stereocenters. The number of hydrogen-bond donors (Lipinski definition) is 2. The lowest BCUT2D eigenvalue weighted by molar-refractivity contribution is -0.117. The normalized spacial score (nSPS) is 19.0. The van der Waals surface area contributed by atoms with Gasteiger partial charge >= 0.3 is 0 Å². The maximum absolute atomic E-state index is 13.6. The second kappa shape index (κ2) is 15.2. The lowest BCUT2D eigenvalue weighted by Gasteiger charge is -2.31. The van der Waals surface area contributed by atoms with Crippen molar-refractivity contribution in [2.75, 3.05) is 44.6 Å². The Hall–Kier alpha value is -2.41. The summed E-state index contributed by atoms with van der Waals surface area (Å²) >= 11 is 0. The fourth-order valence-corrected chi connectivity index (χ4v) is 5.38. The van der Waals surface area contributed by atoms with Gasteiger partial charge in [0.2, 0.25) is 5.91 Å². The first-order chi connectivity index (χ1) is 18.2. The van der Waals surface area contributed by atoms with Crippen LogP contribution >= 0.6 is 0 Å². The minimum Gasteiger partial charge on any atom is -0.370 e. The Morgan fingerprint density at radius 2 is 1.76 bits per heavy atom. The number of amides is 2. The molecule has 38 heavy (non-hydrogen) atoms. The second-order valence-corrected chi connectivity index (χ2v) is 12.1. The van der Waals surface area contributed by atoms with Crippen molar-refractivity contribution >= 4 is 23.3 Å². The molecule has 0 bridgehead atoms. The van der Waals surface area contributed by atoms with Crippen molar-refractivity contribution < 1.29 is 9.59 Å². The van der Waals surface area contributed by atoms with Crippen LogP contribution in [0, 0.1) is 17.8 Å². The topological polar surface area (TPSA) is 91.0 Å². The van der Waals surface area contributed by atoms with Crippen LogP contribution in [0.15, 0.2) is 23.2 Å². The van der Waals surface area contributed by atoms with E-state index in [1.807, 2.05) is 17.0 Å². The number of nitrogens with zero attached hydrogens (tertiary/aromatic N) is 3. The number of carbonyl (C=O) groups excluding carboxylic acids is 2. The third-order valence-corrected chi connectivity index (χ3v) is 7.82. The first kappa shape index (κ1) is 30.1. The van der Waals surface area contributed by atoms with Crippen LogP contribution in [0.3, 0.4) is 0 Å². The number of primary amides is 1. The zero-order chi connectivity index (χ0) is 27.5. The fourth-order valence-electron chi connectivity index (χ4n) is 5.38. The second-order valence-electron chi connectivity index (χ2n) is 12.1. The monoisotopic (exact) mass is 525 g/mol. The van der Waals surface area contributed by atoms with Crippen LogP contribution < -0.4 is 11.1 Å². The number of benzene rings is 1. The van der Waals surface area contributed by atoms with Crippen molar-refractivity contribution in [1.82, 2.24) is 9.80 Å². The van der Waals surface area contributed by atoms with Crippen LogP contribution in [-0.2, 0) is 11.2 Å². The summed E-state index contributed by atoms with van der Waals surface area (Å²) < 4.78 is 0. The Kier molecular flexibility index (Phi) is 12.1. The number of piperidine rings is 1. The van der Waals surface area contributed by atoms with E-state index in [0.717, 1.165) is 68.8 Å². The Balaban J connectivity index is 1.73. The van der Waals surface area contributed by atoms with Crippen molar-refractivity contribution in [2.45, 2.75) is 85.5 Å². The molecule has 0 spiro atoms. The first-order valence-electron chi connectivity index (χ1n) is 15.0. The average Bonchev–Trinajstić information content (AvgIpc) is 2.88. The van der Waals surface area contributed by atoms with Gasteiger partial charge in [0.1, 0.15) is 5.84 Å². The van der Waals surface area contributed by atoms with Gasteiger partial charge in [-0.1, -0.05) is 34.1 Å². The van der Waals surface area contributed by atoms with Gasteiger partial charge in [-0.2, -0.15) is 0 Å². The minimum atomic E-state index is -0.324. The van der Waals surface area contributed by atoms with Gasteiger partial charge in [0.05, 0.1) is 0 Å². The van der Waals surface area contributed by atoms with Crippen LogP contribution in [0.4, 0.5) is 5.69 Å². The van der Waals surface area contributed by atoms with Gasteiger partial charge in [-0.25, -0.2) is 0 Å². The largest absolute Gasteiger partial charge is 0.370 e. The van der Waals surface area contributed by atoms with E-state index in [2.05, 4.69) is 44.0 Å². The van der Waals surface area contributed by atoms with Gasteiger partial charge in [0.25, 0.3) is 5.91 Å². The number of amidine groups is 1. The van der Waals surface area contributed by atoms with Crippen molar-refractivity contribution in [2.24, 2.45) is 28.5 Å². The molecular formula is C31H51N5O2. The molecule has 2 heterocycles. The summed E-state index contributed by atoms with van der Waals surface area (Å²) in [5.74, 6) is 2.15. The number of rotatable bonds is 14.